The largest absolute Gasteiger partial charge is 0.480 e. The van der Waals surface area contributed by atoms with Crippen molar-refractivity contribution in [2.45, 2.75) is 32.2 Å². The summed E-state index contributed by atoms with van der Waals surface area (Å²) < 4.78 is 0. The zero-order valence-electron chi connectivity index (χ0n) is 12.1. The number of hydrogen-bond donors (Lipinski definition) is 2. The van der Waals surface area contributed by atoms with E-state index in [0.717, 1.165) is 12.8 Å². The minimum absolute atomic E-state index is 0.390. The van der Waals surface area contributed by atoms with E-state index >= 15 is 0 Å². The number of unbranched alkanes of at least 4 members (excludes halogenated alkanes) is 1. The number of carboxylic acids is 1. The molecule has 110 valence electrons. The molecule has 1 rings (SSSR count). The fourth-order valence-corrected chi connectivity index (χ4v) is 1.71. The Morgan fingerprint density at radius 1 is 1.45 bits per heavy atom. The van der Waals surface area contributed by atoms with Crippen LogP contribution in [-0.4, -0.2) is 42.1 Å². The molecule has 0 fully saturated rings. The number of aliphatic carboxylic acids is 1. The maximum absolute atomic E-state index is 12.1. The molecule has 0 saturated heterocycles. The number of pyridine rings is 1. The molecule has 1 aromatic rings. The van der Waals surface area contributed by atoms with Gasteiger partial charge in [0.1, 0.15) is 11.9 Å². The van der Waals surface area contributed by atoms with Crippen LogP contribution in [0.2, 0.25) is 0 Å². The number of carbonyl (C=O) groups is 2. The molecule has 0 bridgehead atoms. The van der Waals surface area contributed by atoms with Crippen molar-refractivity contribution in [1.82, 2.24) is 10.3 Å². The molecule has 6 nitrogen and oxygen atoms in total. The third-order valence-electron chi connectivity index (χ3n) is 2.92. The van der Waals surface area contributed by atoms with E-state index in [4.69, 9.17) is 5.11 Å². The maximum Gasteiger partial charge on any atom is 0.326 e. The molecule has 2 N–H and O–H groups in total. The summed E-state index contributed by atoms with van der Waals surface area (Å²) in [6.07, 6.45) is 3.62. The van der Waals surface area contributed by atoms with Crippen LogP contribution in [0.25, 0.3) is 0 Å². The quantitative estimate of drug-likeness (QED) is 0.790. The zero-order valence-corrected chi connectivity index (χ0v) is 12.1. The fraction of sp³-hybridized carbons (Fsp3) is 0.500. The van der Waals surface area contributed by atoms with Crippen molar-refractivity contribution in [1.29, 1.82) is 0 Å². The molecule has 0 aliphatic carbocycles. The van der Waals surface area contributed by atoms with Crippen LogP contribution in [0.15, 0.2) is 18.3 Å². The molecule has 1 heterocycles. The number of carboxylic acid groups (broad SMARTS) is 1. The molecule has 1 amide bonds. The van der Waals surface area contributed by atoms with Crippen LogP contribution in [0.3, 0.4) is 0 Å². The van der Waals surface area contributed by atoms with Crippen LogP contribution < -0.4 is 10.2 Å². The lowest BCUT2D eigenvalue weighted by atomic mass is 10.1. The molecule has 1 aromatic heterocycles. The van der Waals surface area contributed by atoms with Gasteiger partial charge in [0, 0.05) is 25.9 Å². The Hall–Kier alpha value is -2.11. The Bertz CT molecular complexity index is 474. The van der Waals surface area contributed by atoms with E-state index in [1.807, 2.05) is 21.0 Å². The number of anilines is 1. The van der Waals surface area contributed by atoms with Gasteiger partial charge in [-0.2, -0.15) is 0 Å². The minimum atomic E-state index is -1.01. The summed E-state index contributed by atoms with van der Waals surface area (Å²) in [4.78, 5) is 29.1. The number of carbonyl (C=O) groups excluding carboxylic acids is 1. The highest BCUT2D eigenvalue weighted by molar-refractivity contribution is 5.97. The number of nitrogens with one attached hydrogen (secondary N) is 1. The Kier molecular flexibility index (Phi) is 5.96. The van der Waals surface area contributed by atoms with E-state index < -0.39 is 12.0 Å². The van der Waals surface area contributed by atoms with Crippen molar-refractivity contribution in [3.05, 3.63) is 23.9 Å². The summed E-state index contributed by atoms with van der Waals surface area (Å²) in [5.41, 5.74) is 0.409. The van der Waals surface area contributed by atoms with Gasteiger partial charge in [0.25, 0.3) is 5.91 Å². The standard InChI is InChI=1S/C14H21N3O3/c1-4-5-6-11(14(19)20)16-13(18)10-7-8-15-12(9-10)17(2)3/h7-9,11H,4-6H2,1-3H3,(H,16,18)(H,19,20)/t11-/m0/s1. The summed E-state index contributed by atoms with van der Waals surface area (Å²) in [6, 6.07) is 2.35. The Labute approximate surface area is 118 Å². The first-order chi connectivity index (χ1) is 9.45. The van der Waals surface area contributed by atoms with Gasteiger partial charge in [-0.1, -0.05) is 19.8 Å². The van der Waals surface area contributed by atoms with Crippen molar-refractivity contribution < 1.29 is 14.7 Å². The molecular formula is C14H21N3O3. The molecule has 0 aliphatic heterocycles. The lowest BCUT2D eigenvalue weighted by Gasteiger charge is -2.15. The number of rotatable bonds is 7. The molecule has 0 spiro atoms. The highest BCUT2D eigenvalue weighted by Gasteiger charge is 2.20. The summed E-state index contributed by atoms with van der Waals surface area (Å²) in [6.45, 7) is 1.98. The monoisotopic (exact) mass is 279 g/mol. The lowest BCUT2D eigenvalue weighted by molar-refractivity contribution is -0.139. The molecule has 20 heavy (non-hydrogen) atoms. The molecule has 0 radical (unpaired) electrons. The third kappa shape index (κ3) is 4.53. The van der Waals surface area contributed by atoms with Crippen molar-refractivity contribution in [3.8, 4) is 0 Å². The van der Waals surface area contributed by atoms with Crippen molar-refractivity contribution in [2.75, 3.05) is 19.0 Å². The van der Waals surface area contributed by atoms with Gasteiger partial charge in [0.2, 0.25) is 0 Å². The molecular weight excluding hydrogens is 258 g/mol. The predicted molar refractivity (Wildman–Crippen MR) is 77.0 cm³/mol. The first-order valence-corrected chi connectivity index (χ1v) is 6.62. The summed E-state index contributed by atoms with van der Waals surface area (Å²) in [7, 11) is 3.65. The van der Waals surface area contributed by atoms with E-state index in [1.165, 1.54) is 6.20 Å². The van der Waals surface area contributed by atoms with Gasteiger partial charge < -0.3 is 15.3 Å². The first kappa shape index (κ1) is 15.9. The number of nitrogens with zero attached hydrogens (tertiary/aromatic N) is 2. The average Bonchev–Trinajstić information content (AvgIpc) is 2.42. The van der Waals surface area contributed by atoms with Crippen LogP contribution in [0.4, 0.5) is 5.82 Å². The highest BCUT2D eigenvalue weighted by atomic mass is 16.4. The van der Waals surface area contributed by atoms with Crippen LogP contribution in [-0.2, 0) is 4.79 Å². The van der Waals surface area contributed by atoms with E-state index in [1.54, 1.807) is 17.0 Å². The van der Waals surface area contributed by atoms with E-state index in [2.05, 4.69) is 10.3 Å². The van der Waals surface area contributed by atoms with Gasteiger partial charge >= 0.3 is 5.97 Å². The Morgan fingerprint density at radius 3 is 2.70 bits per heavy atom. The van der Waals surface area contributed by atoms with Crippen molar-refractivity contribution in [2.24, 2.45) is 0 Å². The van der Waals surface area contributed by atoms with Crippen LogP contribution in [0, 0.1) is 0 Å². The van der Waals surface area contributed by atoms with Crippen LogP contribution in [0.5, 0.6) is 0 Å². The maximum atomic E-state index is 12.1. The third-order valence-corrected chi connectivity index (χ3v) is 2.92. The van der Waals surface area contributed by atoms with Gasteiger partial charge in [0.15, 0.2) is 0 Å². The first-order valence-electron chi connectivity index (χ1n) is 6.62. The average molecular weight is 279 g/mol. The minimum Gasteiger partial charge on any atom is -0.480 e. The zero-order chi connectivity index (χ0) is 15.1. The van der Waals surface area contributed by atoms with Crippen LogP contribution in [0.1, 0.15) is 36.5 Å². The Morgan fingerprint density at radius 2 is 2.15 bits per heavy atom. The second-order valence-corrected chi connectivity index (χ2v) is 4.80. The van der Waals surface area contributed by atoms with E-state index in [-0.39, 0.29) is 5.91 Å². The second kappa shape index (κ2) is 7.47. The number of hydrogen-bond acceptors (Lipinski definition) is 4. The molecule has 0 saturated carbocycles. The van der Waals surface area contributed by atoms with Gasteiger partial charge in [0.05, 0.1) is 0 Å². The Balaban J connectivity index is 2.78. The predicted octanol–water partition coefficient (Wildman–Crippen LogP) is 1.52. The summed E-state index contributed by atoms with van der Waals surface area (Å²) in [5.74, 6) is -0.745. The molecule has 0 aromatic carbocycles. The summed E-state index contributed by atoms with van der Waals surface area (Å²) in [5, 5.41) is 11.7. The lowest BCUT2D eigenvalue weighted by Crippen LogP contribution is -2.40. The van der Waals surface area contributed by atoms with Gasteiger partial charge in [-0.25, -0.2) is 9.78 Å². The normalized spacial score (nSPS) is 11.8. The smallest absolute Gasteiger partial charge is 0.326 e. The highest BCUT2D eigenvalue weighted by Crippen LogP contribution is 2.10. The summed E-state index contributed by atoms with van der Waals surface area (Å²) >= 11 is 0. The number of aromatic nitrogens is 1. The molecule has 1 atom stereocenters. The second-order valence-electron chi connectivity index (χ2n) is 4.80. The van der Waals surface area contributed by atoms with Gasteiger partial charge in [-0.3, -0.25) is 4.79 Å². The molecule has 0 aliphatic rings. The van der Waals surface area contributed by atoms with Crippen LogP contribution >= 0.6 is 0 Å². The fourth-order valence-electron chi connectivity index (χ4n) is 1.71. The molecule has 6 heteroatoms. The van der Waals surface area contributed by atoms with E-state index in [0.29, 0.717) is 17.8 Å². The van der Waals surface area contributed by atoms with Gasteiger partial charge in [-0.15, -0.1) is 0 Å². The van der Waals surface area contributed by atoms with Gasteiger partial charge in [-0.05, 0) is 18.6 Å². The molecule has 0 unspecified atom stereocenters. The number of amides is 1. The topological polar surface area (TPSA) is 82.5 Å². The SMILES string of the molecule is CCCC[C@H](NC(=O)c1ccnc(N(C)C)c1)C(=O)O. The van der Waals surface area contributed by atoms with E-state index in [9.17, 15) is 9.59 Å². The van der Waals surface area contributed by atoms with Crippen molar-refractivity contribution >= 4 is 17.7 Å². The van der Waals surface area contributed by atoms with Crippen molar-refractivity contribution in [3.63, 3.8) is 0 Å².